The molecule has 0 radical (unpaired) electrons. The number of carbonyl (C=O) groups is 1. The molecule has 22 heavy (non-hydrogen) atoms. The van der Waals surface area contributed by atoms with Gasteiger partial charge in [-0.25, -0.2) is 4.98 Å². The first-order chi connectivity index (χ1) is 10.5. The molecule has 1 amide bonds. The molecule has 1 aromatic carbocycles. The summed E-state index contributed by atoms with van der Waals surface area (Å²) in [6, 6.07) is 5.47. The normalized spacial score (nSPS) is 11.0. The first kappa shape index (κ1) is 15.0. The zero-order valence-electron chi connectivity index (χ0n) is 12.1. The van der Waals surface area contributed by atoms with Gasteiger partial charge in [-0.3, -0.25) is 4.79 Å². The summed E-state index contributed by atoms with van der Waals surface area (Å²) >= 11 is 7.36. The van der Waals surface area contributed by atoms with E-state index < -0.39 is 0 Å². The number of hydrogen-bond acceptors (Lipinski definition) is 5. The summed E-state index contributed by atoms with van der Waals surface area (Å²) in [7, 11) is 0. The van der Waals surface area contributed by atoms with Gasteiger partial charge in [-0.15, -0.1) is 0 Å². The number of nitrogens with one attached hydrogen (secondary N) is 1. The maximum absolute atomic E-state index is 12.1. The third kappa shape index (κ3) is 3.13. The van der Waals surface area contributed by atoms with E-state index in [-0.39, 0.29) is 5.91 Å². The smallest absolute Gasteiger partial charge is 0.226 e. The van der Waals surface area contributed by atoms with E-state index in [1.165, 1.54) is 11.3 Å². The first-order valence-electron chi connectivity index (χ1n) is 6.80. The Labute approximate surface area is 136 Å². The Bertz CT molecular complexity index is 821. The fourth-order valence-electron chi connectivity index (χ4n) is 2.23. The Morgan fingerprint density at radius 2 is 2.23 bits per heavy atom. The van der Waals surface area contributed by atoms with Crippen LogP contribution in [0.25, 0.3) is 10.2 Å². The number of thiazole rings is 1. The van der Waals surface area contributed by atoms with Crippen LogP contribution >= 0.6 is 22.9 Å². The number of halogens is 1. The summed E-state index contributed by atoms with van der Waals surface area (Å²) in [6.45, 7) is 3.73. The van der Waals surface area contributed by atoms with Crippen LogP contribution in [0, 0.1) is 13.8 Å². The van der Waals surface area contributed by atoms with Crippen molar-refractivity contribution in [1.82, 2.24) is 10.1 Å². The molecule has 0 aliphatic rings. The highest BCUT2D eigenvalue weighted by molar-refractivity contribution is 7.22. The van der Waals surface area contributed by atoms with Crippen molar-refractivity contribution in [2.75, 3.05) is 5.32 Å². The van der Waals surface area contributed by atoms with E-state index in [1.54, 1.807) is 6.07 Å². The van der Waals surface area contributed by atoms with Crippen LogP contribution in [0.4, 0.5) is 5.13 Å². The van der Waals surface area contributed by atoms with Crippen molar-refractivity contribution in [2.24, 2.45) is 0 Å². The fourth-order valence-corrected chi connectivity index (χ4v) is 3.39. The van der Waals surface area contributed by atoms with Gasteiger partial charge in [0.1, 0.15) is 5.76 Å². The Morgan fingerprint density at radius 1 is 1.41 bits per heavy atom. The van der Waals surface area contributed by atoms with Gasteiger partial charge in [-0.05, 0) is 38.5 Å². The summed E-state index contributed by atoms with van der Waals surface area (Å²) in [5.41, 5.74) is 2.65. The van der Waals surface area contributed by atoms with Crippen molar-refractivity contribution in [2.45, 2.75) is 26.7 Å². The third-order valence-corrected chi connectivity index (χ3v) is 4.55. The fraction of sp³-hybridized carbons (Fsp3) is 0.267. The van der Waals surface area contributed by atoms with E-state index in [1.807, 2.05) is 26.0 Å². The van der Waals surface area contributed by atoms with Gasteiger partial charge < -0.3 is 9.84 Å². The number of hydrogen-bond donors (Lipinski definition) is 1. The molecule has 1 N–H and O–H groups in total. The van der Waals surface area contributed by atoms with Gasteiger partial charge in [0.25, 0.3) is 0 Å². The summed E-state index contributed by atoms with van der Waals surface area (Å²) in [6.07, 6.45) is 0.962. The Hall–Kier alpha value is -1.92. The molecule has 0 aliphatic heterocycles. The van der Waals surface area contributed by atoms with E-state index in [4.69, 9.17) is 16.1 Å². The van der Waals surface area contributed by atoms with Crippen LogP contribution in [0.15, 0.2) is 22.7 Å². The summed E-state index contributed by atoms with van der Waals surface area (Å²) in [4.78, 5) is 16.4. The monoisotopic (exact) mass is 335 g/mol. The quantitative estimate of drug-likeness (QED) is 0.778. The number of anilines is 1. The largest absolute Gasteiger partial charge is 0.361 e. The second-order valence-electron chi connectivity index (χ2n) is 4.98. The number of fused-ring (bicyclic) bond motifs is 1. The van der Waals surface area contributed by atoms with E-state index >= 15 is 0 Å². The molecule has 3 aromatic rings. The van der Waals surface area contributed by atoms with Gasteiger partial charge in [-0.2, -0.15) is 0 Å². The third-order valence-electron chi connectivity index (χ3n) is 3.38. The van der Waals surface area contributed by atoms with Crippen molar-refractivity contribution in [3.05, 3.63) is 40.2 Å². The topological polar surface area (TPSA) is 68.0 Å². The second kappa shape index (κ2) is 6.06. The lowest BCUT2D eigenvalue weighted by molar-refractivity contribution is -0.116. The number of aromatic nitrogens is 2. The molecule has 0 spiro atoms. The van der Waals surface area contributed by atoms with E-state index in [0.29, 0.717) is 23.0 Å². The van der Waals surface area contributed by atoms with Crippen molar-refractivity contribution >= 4 is 44.2 Å². The van der Waals surface area contributed by atoms with E-state index in [0.717, 1.165) is 27.2 Å². The van der Waals surface area contributed by atoms with Crippen LogP contribution in [0.5, 0.6) is 0 Å². The zero-order valence-corrected chi connectivity index (χ0v) is 13.7. The van der Waals surface area contributed by atoms with Crippen LogP contribution in [0.1, 0.15) is 23.4 Å². The minimum absolute atomic E-state index is 0.0786. The molecule has 2 heterocycles. The maximum Gasteiger partial charge on any atom is 0.226 e. The van der Waals surface area contributed by atoms with Gasteiger partial charge in [0, 0.05) is 17.0 Å². The number of nitrogens with zero attached hydrogens (tertiary/aromatic N) is 2. The van der Waals surface area contributed by atoms with Crippen LogP contribution < -0.4 is 5.32 Å². The predicted octanol–water partition coefficient (Wildman–Crippen LogP) is 4.13. The van der Waals surface area contributed by atoms with Gasteiger partial charge in [0.15, 0.2) is 5.13 Å². The van der Waals surface area contributed by atoms with Crippen molar-refractivity contribution in [3.63, 3.8) is 0 Å². The molecule has 2 aromatic heterocycles. The number of rotatable bonds is 4. The van der Waals surface area contributed by atoms with E-state index in [9.17, 15) is 4.79 Å². The van der Waals surface area contributed by atoms with Crippen LogP contribution in [-0.2, 0) is 11.2 Å². The van der Waals surface area contributed by atoms with Crippen molar-refractivity contribution < 1.29 is 9.32 Å². The van der Waals surface area contributed by atoms with Gasteiger partial charge >= 0.3 is 0 Å². The molecular weight excluding hydrogens is 322 g/mol. The molecular formula is C15H14ClN3O2S. The number of carbonyl (C=O) groups excluding carboxylic acids is 1. The molecule has 0 saturated carbocycles. The Morgan fingerprint density at radius 3 is 2.95 bits per heavy atom. The molecule has 114 valence electrons. The van der Waals surface area contributed by atoms with Crippen LogP contribution in [0.2, 0.25) is 5.02 Å². The molecule has 3 rings (SSSR count). The Balaban J connectivity index is 1.65. The molecule has 0 unspecified atom stereocenters. The molecule has 0 bridgehead atoms. The lowest BCUT2D eigenvalue weighted by Crippen LogP contribution is -2.12. The molecule has 0 aliphatic carbocycles. The highest BCUT2D eigenvalue weighted by Gasteiger charge is 2.12. The van der Waals surface area contributed by atoms with Crippen molar-refractivity contribution in [1.29, 1.82) is 0 Å². The number of aryl methyl sites for hydroxylation is 2. The van der Waals surface area contributed by atoms with Crippen LogP contribution in [-0.4, -0.2) is 16.0 Å². The maximum atomic E-state index is 12.1. The molecule has 0 saturated heterocycles. The highest BCUT2D eigenvalue weighted by Crippen LogP contribution is 2.28. The minimum atomic E-state index is -0.0786. The second-order valence-corrected chi connectivity index (χ2v) is 6.45. The first-order valence-corrected chi connectivity index (χ1v) is 8.00. The zero-order chi connectivity index (χ0) is 15.7. The Kier molecular flexibility index (Phi) is 4.13. The average molecular weight is 336 g/mol. The lowest BCUT2D eigenvalue weighted by atomic mass is 10.1. The summed E-state index contributed by atoms with van der Waals surface area (Å²) in [5, 5.41) is 7.96. The van der Waals surface area contributed by atoms with Gasteiger partial charge in [0.05, 0.1) is 15.9 Å². The van der Waals surface area contributed by atoms with E-state index in [2.05, 4.69) is 15.5 Å². The van der Waals surface area contributed by atoms with Crippen LogP contribution in [0.3, 0.4) is 0 Å². The molecule has 7 heteroatoms. The minimum Gasteiger partial charge on any atom is -0.361 e. The summed E-state index contributed by atoms with van der Waals surface area (Å²) < 4.78 is 6.04. The van der Waals surface area contributed by atoms with Gasteiger partial charge in [0.2, 0.25) is 5.91 Å². The predicted molar refractivity (Wildman–Crippen MR) is 87.6 cm³/mol. The number of benzene rings is 1. The molecule has 0 fully saturated rings. The molecule has 0 atom stereocenters. The number of amides is 1. The molecule has 5 nitrogen and oxygen atoms in total. The van der Waals surface area contributed by atoms with Gasteiger partial charge in [-0.1, -0.05) is 28.1 Å². The highest BCUT2D eigenvalue weighted by atomic mass is 35.5. The lowest BCUT2D eigenvalue weighted by Gasteiger charge is -2.01. The van der Waals surface area contributed by atoms with Crippen molar-refractivity contribution in [3.8, 4) is 0 Å². The summed E-state index contributed by atoms with van der Waals surface area (Å²) in [5.74, 6) is 0.685. The standard InChI is InChI=1S/C15H14ClN3O2S/c1-8-11(9(2)21-19-8)4-6-14(20)18-15-17-12-5-3-10(16)7-13(12)22-15/h3,5,7H,4,6H2,1-2H3,(H,17,18,20). The average Bonchev–Trinajstić information content (AvgIpc) is 3.00. The SMILES string of the molecule is Cc1noc(C)c1CCC(=O)Nc1nc2ccc(Cl)cc2s1.